The number of nitrogens with one attached hydrogen (secondary N) is 1. The molecule has 2 aromatic carbocycles. The number of hydrogen-bond donors (Lipinski definition) is 2. The molecule has 0 aromatic heterocycles. The van der Waals surface area contributed by atoms with Crippen molar-refractivity contribution < 1.29 is 9.53 Å². The number of rotatable bonds is 7. The van der Waals surface area contributed by atoms with Crippen LogP contribution in [0.2, 0.25) is 0 Å². The van der Waals surface area contributed by atoms with Gasteiger partial charge in [-0.3, -0.25) is 4.79 Å². The molecule has 4 nitrogen and oxygen atoms in total. The Hall–Kier alpha value is -2.75. The Labute approximate surface area is 143 Å². The van der Waals surface area contributed by atoms with Crippen molar-refractivity contribution in [2.24, 2.45) is 0 Å². The lowest BCUT2D eigenvalue weighted by Gasteiger charge is -2.11. The van der Waals surface area contributed by atoms with Gasteiger partial charge in [0.05, 0.1) is 5.69 Å². The molecule has 0 atom stereocenters. The van der Waals surface area contributed by atoms with E-state index in [1.54, 1.807) is 12.1 Å². The van der Waals surface area contributed by atoms with Gasteiger partial charge in [-0.1, -0.05) is 37.3 Å². The Kier molecular flexibility index (Phi) is 6.43. The van der Waals surface area contributed by atoms with Crippen molar-refractivity contribution in [3.8, 4) is 5.75 Å². The van der Waals surface area contributed by atoms with E-state index in [2.05, 4.69) is 18.3 Å². The molecule has 0 saturated heterocycles. The zero-order valence-corrected chi connectivity index (χ0v) is 14.2. The fourth-order valence-corrected chi connectivity index (χ4v) is 2.21. The lowest BCUT2D eigenvalue weighted by molar-refractivity contribution is -0.116. The highest BCUT2D eigenvalue weighted by molar-refractivity contribution is 5.91. The maximum Gasteiger partial charge on any atom is 0.243 e. The number of hydrogen-bond acceptors (Lipinski definition) is 3. The summed E-state index contributed by atoms with van der Waals surface area (Å²) in [4.78, 5) is 11.6. The van der Waals surface area contributed by atoms with Gasteiger partial charge in [0.2, 0.25) is 5.91 Å². The van der Waals surface area contributed by atoms with Crippen LogP contribution in [0.5, 0.6) is 5.75 Å². The van der Waals surface area contributed by atoms with Crippen LogP contribution in [0.1, 0.15) is 30.0 Å². The van der Waals surface area contributed by atoms with Gasteiger partial charge in [0, 0.05) is 12.6 Å². The molecule has 0 fully saturated rings. The molecule has 0 radical (unpaired) electrons. The third-order valence-electron chi connectivity index (χ3n) is 3.65. The summed E-state index contributed by atoms with van der Waals surface area (Å²) < 4.78 is 5.81. The zero-order valence-electron chi connectivity index (χ0n) is 14.2. The van der Waals surface area contributed by atoms with E-state index < -0.39 is 0 Å². The highest BCUT2D eigenvalue weighted by atomic mass is 16.5. The van der Waals surface area contributed by atoms with Crippen molar-refractivity contribution >= 4 is 17.7 Å². The molecule has 2 aromatic rings. The molecule has 126 valence electrons. The van der Waals surface area contributed by atoms with Crippen LogP contribution in [0.15, 0.2) is 48.5 Å². The first kappa shape index (κ1) is 17.6. The van der Waals surface area contributed by atoms with E-state index in [9.17, 15) is 4.79 Å². The van der Waals surface area contributed by atoms with Crippen LogP contribution in [0.25, 0.3) is 6.08 Å². The fourth-order valence-electron chi connectivity index (χ4n) is 2.21. The molecule has 24 heavy (non-hydrogen) atoms. The number of amides is 1. The molecule has 0 bridgehead atoms. The summed E-state index contributed by atoms with van der Waals surface area (Å²) in [5, 5.41) is 2.79. The molecule has 0 aliphatic carbocycles. The Morgan fingerprint density at radius 2 is 2.04 bits per heavy atom. The van der Waals surface area contributed by atoms with Gasteiger partial charge < -0.3 is 15.8 Å². The number of aryl methyl sites for hydroxylation is 1. The van der Waals surface area contributed by atoms with Crippen LogP contribution in [0, 0.1) is 6.92 Å². The van der Waals surface area contributed by atoms with Crippen LogP contribution < -0.4 is 15.8 Å². The maximum atomic E-state index is 11.6. The van der Waals surface area contributed by atoms with Crippen LogP contribution >= 0.6 is 0 Å². The first-order valence-electron chi connectivity index (χ1n) is 8.13. The molecule has 0 aliphatic heterocycles. The Morgan fingerprint density at radius 3 is 2.75 bits per heavy atom. The normalized spacial score (nSPS) is 10.8. The summed E-state index contributed by atoms with van der Waals surface area (Å²) in [6.07, 6.45) is 4.17. The highest BCUT2D eigenvalue weighted by Crippen LogP contribution is 2.24. The van der Waals surface area contributed by atoms with Gasteiger partial charge in [0.15, 0.2) is 0 Å². The topological polar surface area (TPSA) is 64.3 Å². The van der Waals surface area contributed by atoms with Crippen molar-refractivity contribution in [3.05, 3.63) is 65.2 Å². The van der Waals surface area contributed by atoms with E-state index >= 15 is 0 Å². The summed E-state index contributed by atoms with van der Waals surface area (Å²) in [5.41, 5.74) is 9.79. The molecule has 0 heterocycles. The summed E-state index contributed by atoms with van der Waals surface area (Å²) in [7, 11) is 0. The number of anilines is 1. The quantitative estimate of drug-likeness (QED) is 0.603. The smallest absolute Gasteiger partial charge is 0.243 e. The minimum Gasteiger partial charge on any atom is -0.487 e. The number of nitrogen functional groups attached to an aromatic ring is 1. The molecule has 0 aliphatic rings. The van der Waals surface area contributed by atoms with Gasteiger partial charge in [-0.05, 0) is 48.2 Å². The zero-order chi connectivity index (χ0) is 17.4. The van der Waals surface area contributed by atoms with Gasteiger partial charge in [0.1, 0.15) is 12.4 Å². The Morgan fingerprint density at radius 1 is 1.25 bits per heavy atom. The number of nitrogens with two attached hydrogens (primary N) is 1. The van der Waals surface area contributed by atoms with Crippen molar-refractivity contribution in [1.29, 1.82) is 0 Å². The van der Waals surface area contributed by atoms with E-state index in [4.69, 9.17) is 10.5 Å². The average Bonchev–Trinajstić information content (AvgIpc) is 2.58. The molecular weight excluding hydrogens is 300 g/mol. The highest BCUT2D eigenvalue weighted by Gasteiger charge is 2.03. The maximum absolute atomic E-state index is 11.6. The second-order valence-corrected chi connectivity index (χ2v) is 5.64. The second kappa shape index (κ2) is 8.77. The Balaban J connectivity index is 1.98. The minimum atomic E-state index is -0.102. The first-order chi connectivity index (χ1) is 11.6. The Bertz CT molecular complexity index is 723. The summed E-state index contributed by atoms with van der Waals surface area (Å²) >= 11 is 0. The molecule has 0 unspecified atom stereocenters. The largest absolute Gasteiger partial charge is 0.487 e. The summed E-state index contributed by atoms with van der Waals surface area (Å²) in [5.74, 6) is 0.543. The molecular formula is C20H24N2O2. The molecule has 3 N–H and O–H groups in total. The van der Waals surface area contributed by atoms with Gasteiger partial charge >= 0.3 is 0 Å². The summed E-state index contributed by atoms with van der Waals surface area (Å²) in [6.45, 7) is 5.22. The molecule has 2 rings (SSSR count). The van der Waals surface area contributed by atoms with Crippen LogP contribution in [-0.2, 0) is 11.4 Å². The van der Waals surface area contributed by atoms with E-state index in [0.717, 1.165) is 17.5 Å². The number of benzene rings is 2. The first-order valence-corrected chi connectivity index (χ1v) is 8.13. The van der Waals surface area contributed by atoms with Crippen molar-refractivity contribution in [2.45, 2.75) is 26.9 Å². The third-order valence-corrected chi connectivity index (χ3v) is 3.65. The van der Waals surface area contributed by atoms with Gasteiger partial charge in [-0.15, -0.1) is 0 Å². The minimum absolute atomic E-state index is 0.102. The lowest BCUT2D eigenvalue weighted by Crippen LogP contribution is -2.21. The van der Waals surface area contributed by atoms with Crippen LogP contribution in [0.4, 0.5) is 5.69 Å². The molecule has 4 heteroatoms. The van der Waals surface area contributed by atoms with Crippen LogP contribution in [0.3, 0.4) is 0 Å². The van der Waals surface area contributed by atoms with Crippen LogP contribution in [-0.4, -0.2) is 12.5 Å². The number of ether oxygens (including phenoxy) is 1. The summed E-state index contributed by atoms with van der Waals surface area (Å²) in [6, 6.07) is 13.6. The monoisotopic (exact) mass is 324 g/mol. The molecule has 0 spiro atoms. The third kappa shape index (κ3) is 5.16. The van der Waals surface area contributed by atoms with Gasteiger partial charge in [0.25, 0.3) is 0 Å². The number of carbonyl (C=O) groups excluding carboxylic acids is 1. The molecule has 0 saturated carbocycles. The van der Waals surface area contributed by atoms with Gasteiger partial charge in [-0.25, -0.2) is 0 Å². The van der Waals surface area contributed by atoms with E-state index in [1.165, 1.54) is 11.6 Å². The second-order valence-electron chi connectivity index (χ2n) is 5.64. The molecule has 1 amide bonds. The van der Waals surface area contributed by atoms with Crippen molar-refractivity contribution in [2.75, 3.05) is 12.3 Å². The number of carbonyl (C=O) groups is 1. The standard InChI is InChI=1S/C20H24N2O2/c1-3-12-22-20(23)11-9-16-8-10-19(18(21)13-16)24-14-17-7-5-4-6-15(17)2/h4-11,13H,3,12,14,21H2,1-2H3,(H,22,23)/b11-9-. The van der Waals surface area contributed by atoms with E-state index in [1.807, 2.05) is 37.3 Å². The predicted octanol–water partition coefficient (Wildman–Crippen LogP) is 3.70. The van der Waals surface area contributed by atoms with Crippen molar-refractivity contribution in [1.82, 2.24) is 5.32 Å². The van der Waals surface area contributed by atoms with Gasteiger partial charge in [-0.2, -0.15) is 0 Å². The predicted molar refractivity (Wildman–Crippen MR) is 98.7 cm³/mol. The lowest BCUT2D eigenvalue weighted by atomic mass is 10.1. The average molecular weight is 324 g/mol. The van der Waals surface area contributed by atoms with E-state index in [0.29, 0.717) is 24.6 Å². The van der Waals surface area contributed by atoms with Crippen molar-refractivity contribution in [3.63, 3.8) is 0 Å². The SMILES string of the molecule is CCCNC(=O)/C=C\c1ccc(OCc2ccccc2C)c(N)c1. The fraction of sp³-hybridized carbons (Fsp3) is 0.250. The van der Waals surface area contributed by atoms with E-state index in [-0.39, 0.29) is 5.91 Å².